The minimum Gasteiger partial charge on any atom is -0.416 e. The van der Waals surface area contributed by atoms with Crippen LogP contribution in [0, 0.1) is 12.7 Å². The lowest BCUT2D eigenvalue weighted by molar-refractivity contribution is 0.0993. The van der Waals surface area contributed by atoms with E-state index in [1.165, 1.54) is 36.0 Å². The molecule has 0 aliphatic carbocycles. The van der Waals surface area contributed by atoms with Crippen LogP contribution in [0.5, 0.6) is 0 Å². The summed E-state index contributed by atoms with van der Waals surface area (Å²) in [5.41, 5.74) is 1.34. The van der Waals surface area contributed by atoms with Crippen LogP contribution in [0.2, 0.25) is 0 Å². The van der Waals surface area contributed by atoms with E-state index in [-0.39, 0.29) is 11.6 Å². The first-order chi connectivity index (χ1) is 11.5. The third-order valence-corrected chi connectivity index (χ3v) is 4.98. The number of aryl methyl sites for hydroxylation is 1. The molecule has 0 saturated heterocycles. The third kappa shape index (κ3) is 4.07. The zero-order valence-corrected chi connectivity index (χ0v) is 14.7. The number of ketones is 1. The molecule has 2 aromatic heterocycles. The maximum atomic E-state index is 12.9. The standard InChI is InChI=1S/C16H14FN3O2S2/c1-9(15(21)11-3-5-12(17)6-4-11)24-16-20-19-14(22-16)7-13-8-23-10(2)18-13/h3-6,8-9H,7H2,1-2H3/t9-/m1/s1. The minimum absolute atomic E-state index is 0.116. The number of thioether (sulfide) groups is 1. The average molecular weight is 363 g/mol. The van der Waals surface area contributed by atoms with Gasteiger partial charge >= 0.3 is 0 Å². The van der Waals surface area contributed by atoms with Crippen LogP contribution >= 0.6 is 23.1 Å². The summed E-state index contributed by atoms with van der Waals surface area (Å²) < 4.78 is 18.5. The molecule has 0 spiro atoms. The minimum atomic E-state index is -0.412. The second kappa shape index (κ2) is 7.23. The van der Waals surface area contributed by atoms with Gasteiger partial charge in [0.15, 0.2) is 5.78 Å². The zero-order valence-electron chi connectivity index (χ0n) is 13.0. The van der Waals surface area contributed by atoms with Crippen molar-refractivity contribution in [1.29, 1.82) is 0 Å². The molecule has 8 heteroatoms. The van der Waals surface area contributed by atoms with E-state index in [9.17, 15) is 9.18 Å². The molecule has 0 aliphatic rings. The molecule has 0 amide bonds. The number of carbonyl (C=O) groups is 1. The molecule has 0 bridgehead atoms. The Labute approximate surface area is 146 Å². The highest BCUT2D eigenvalue weighted by Gasteiger charge is 2.20. The molecule has 0 saturated carbocycles. The summed E-state index contributed by atoms with van der Waals surface area (Å²) in [7, 11) is 0. The predicted molar refractivity (Wildman–Crippen MR) is 90.0 cm³/mol. The summed E-state index contributed by atoms with van der Waals surface area (Å²) in [6.07, 6.45) is 0.470. The lowest BCUT2D eigenvalue weighted by Crippen LogP contribution is -2.13. The Bertz CT molecular complexity index is 845. The molecule has 2 heterocycles. The number of thiazole rings is 1. The van der Waals surface area contributed by atoms with Crippen LogP contribution in [-0.2, 0) is 6.42 Å². The number of aromatic nitrogens is 3. The molecule has 0 fully saturated rings. The fraction of sp³-hybridized carbons (Fsp3) is 0.250. The average Bonchev–Trinajstić information content (AvgIpc) is 3.17. The topological polar surface area (TPSA) is 68.9 Å². The molecule has 124 valence electrons. The molecule has 3 aromatic rings. The van der Waals surface area contributed by atoms with Gasteiger partial charge in [-0.2, -0.15) is 0 Å². The van der Waals surface area contributed by atoms with Gasteiger partial charge in [-0.25, -0.2) is 9.37 Å². The van der Waals surface area contributed by atoms with E-state index in [0.29, 0.717) is 23.1 Å². The van der Waals surface area contributed by atoms with Gasteiger partial charge in [-0.05, 0) is 38.1 Å². The third-order valence-electron chi connectivity index (χ3n) is 3.22. The Morgan fingerprint density at radius 1 is 1.33 bits per heavy atom. The fourth-order valence-corrected chi connectivity index (χ4v) is 3.45. The van der Waals surface area contributed by atoms with Gasteiger partial charge in [-0.15, -0.1) is 21.5 Å². The second-order valence-corrected chi connectivity index (χ2v) is 7.48. The summed E-state index contributed by atoms with van der Waals surface area (Å²) >= 11 is 2.75. The highest BCUT2D eigenvalue weighted by molar-refractivity contribution is 8.00. The van der Waals surface area contributed by atoms with Crippen LogP contribution in [-0.4, -0.2) is 26.2 Å². The number of nitrogens with zero attached hydrogens (tertiary/aromatic N) is 3. The number of hydrogen-bond donors (Lipinski definition) is 0. The number of Topliss-reactive ketones (excluding diaryl/α,β-unsaturated/α-hetero) is 1. The molecule has 0 radical (unpaired) electrons. The van der Waals surface area contributed by atoms with Crippen molar-refractivity contribution in [2.45, 2.75) is 30.7 Å². The monoisotopic (exact) mass is 363 g/mol. The number of rotatable bonds is 6. The number of benzene rings is 1. The number of carbonyl (C=O) groups excluding carboxylic acids is 1. The molecule has 1 atom stereocenters. The quantitative estimate of drug-likeness (QED) is 0.488. The largest absolute Gasteiger partial charge is 0.416 e. The van der Waals surface area contributed by atoms with E-state index in [2.05, 4.69) is 15.2 Å². The van der Waals surface area contributed by atoms with Crippen molar-refractivity contribution in [2.75, 3.05) is 0 Å². The van der Waals surface area contributed by atoms with Gasteiger partial charge in [0.05, 0.1) is 22.4 Å². The Kier molecular flexibility index (Phi) is 5.06. The van der Waals surface area contributed by atoms with Gasteiger partial charge in [0, 0.05) is 10.9 Å². The van der Waals surface area contributed by atoms with Crippen LogP contribution in [0.25, 0.3) is 0 Å². The summed E-state index contributed by atoms with van der Waals surface area (Å²) in [6.45, 7) is 3.69. The van der Waals surface area contributed by atoms with E-state index < -0.39 is 5.25 Å². The van der Waals surface area contributed by atoms with Crippen molar-refractivity contribution in [3.8, 4) is 0 Å². The van der Waals surface area contributed by atoms with Crippen LogP contribution < -0.4 is 0 Å². The molecule has 0 unspecified atom stereocenters. The first kappa shape index (κ1) is 16.8. The summed E-state index contributed by atoms with van der Waals surface area (Å²) in [5, 5.41) is 10.8. The maximum Gasteiger partial charge on any atom is 0.277 e. The Hall–Kier alpha value is -2.06. The summed E-state index contributed by atoms with van der Waals surface area (Å²) in [6, 6.07) is 5.48. The Balaban J connectivity index is 1.63. The highest BCUT2D eigenvalue weighted by atomic mass is 32.2. The molecule has 24 heavy (non-hydrogen) atoms. The van der Waals surface area contributed by atoms with Crippen LogP contribution in [0.3, 0.4) is 0 Å². The van der Waals surface area contributed by atoms with Crippen LogP contribution in [0.15, 0.2) is 39.3 Å². The van der Waals surface area contributed by atoms with E-state index in [4.69, 9.17) is 4.42 Å². The van der Waals surface area contributed by atoms with Crippen molar-refractivity contribution in [2.24, 2.45) is 0 Å². The molecule has 0 N–H and O–H groups in total. The highest BCUT2D eigenvalue weighted by Crippen LogP contribution is 2.25. The first-order valence-electron chi connectivity index (χ1n) is 7.21. The number of hydrogen-bond acceptors (Lipinski definition) is 7. The van der Waals surface area contributed by atoms with Crippen LogP contribution in [0.4, 0.5) is 4.39 Å². The fourth-order valence-electron chi connectivity index (χ4n) is 2.06. The van der Waals surface area contributed by atoms with Crippen molar-refractivity contribution < 1.29 is 13.6 Å². The van der Waals surface area contributed by atoms with Gasteiger partial charge in [-0.3, -0.25) is 4.79 Å². The van der Waals surface area contributed by atoms with Crippen molar-refractivity contribution in [1.82, 2.24) is 15.2 Å². The van der Waals surface area contributed by atoms with Crippen LogP contribution in [0.1, 0.15) is 33.9 Å². The molecular weight excluding hydrogens is 349 g/mol. The SMILES string of the molecule is Cc1nc(Cc2nnc(S[C@H](C)C(=O)c3ccc(F)cc3)o2)cs1. The summed E-state index contributed by atoms with van der Waals surface area (Å²) in [4.78, 5) is 16.7. The maximum absolute atomic E-state index is 12.9. The van der Waals surface area contributed by atoms with Gasteiger partial charge in [-0.1, -0.05) is 11.8 Å². The summed E-state index contributed by atoms with van der Waals surface area (Å²) in [5.74, 6) is -0.0233. The van der Waals surface area contributed by atoms with Crippen molar-refractivity contribution >= 4 is 28.9 Å². The second-order valence-electron chi connectivity index (χ2n) is 5.13. The molecule has 1 aromatic carbocycles. The normalized spacial score (nSPS) is 12.3. The van der Waals surface area contributed by atoms with E-state index in [1.807, 2.05) is 12.3 Å². The van der Waals surface area contributed by atoms with Gasteiger partial charge in [0.2, 0.25) is 5.89 Å². The molecule has 5 nitrogen and oxygen atoms in total. The Morgan fingerprint density at radius 3 is 2.75 bits per heavy atom. The molecular formula is C16H14FN3O2S2. The van der Waals surface area contributed by atoms with Gasteiger partial charge in [0.1, 0.15) is 5.82 Å². The lowest BCUT2D eigenvalue weighted by Gasteiger charge is -2.07. The van der Waals surface area contributed by atoms with Gasteiger partial charge < -0.3 is 4.42 Å². The van der Waals surface area contributed by atoms with Crippen molar-refractivity contribution in [3.63, 3.8) is 0 Å². The van der Waals surface area contributed by atoms with E-state index in [0.717, 1.165) is 10.7 Å². The zero-order chi connectivity index (χ0) is 17.1. The molecule has 0 aliphatic heterocycles. The smallest absolute Gasteiger partial charge is 0.277 e. The number of halogens is 1. The van der Waals surface area contributed by atoms with E-state index >= 15 is 0 Å². The van der Waals surface area contributed by atoms with Crippen molar-refractivity contribution in [3.05, 3.63) is 57.6 Å². The van der Waals surface area contributed by atoms with E-state index in [1.54, 1.807) is 18.3 Å². The Morgan fingerprint density at radius 2 is 2.08 bits per heavy atom. The first-order valence-corrected chi connectivity index (χ1v) is 8.97. The van der Waals surface area contributed by atoms with Gasteiger partial charge in [0.25, 0.3) is 5.22 Å². The molecule has 3 rings (SSSR count). The predicted octanol–water partition coefficient (Wildman–Crippen LogP) is 3.93. The lowest BCUT2D eigenvalue weighted by atomic mass is 10.1.